The molecule has 0 radical (unpaired) electrons. The Morgan fingerprint density at radius 1 is 1.20 bits per heavy atom. The highest BCUT2D eigenvalue weighted by atomic mass is 32.2. The van der Waals surface area contributed by atoms with E-state index in [9.17, 15) is 9.59 Å². The molecule has 1 unspecified atom stereocenters. The third-order valence-corrected chi connectivity index (χ3v) is 4.78. The van der Waals surface area contributed by atoms with Gasteiger partial charge in [-0.15, -0.1) is 11.8 Å². The van der Waals surface area contributed by atoms with Crippen LogP contribution in [0.25, 0.3) is 0 Å². The molecule has 1 atom stereocenters. The largest absolute Gasteiger partial charge is 0.497 e. The molecule has 132 valence electrons. The summed E-state index contributed by atoms with van der Waals surface area (Å²) in [6.07, 6.45) is 0.684. The predicted octanol–water partition coefficient (Wildman–Crippen LogP) is 3.23. The molecule has 0 heterocycles. The molecule has 0 fully saturated rings. The Balaban J connectivity index is 1.97. The van der Waals surface area contributed by atoms with Gasteiger partial charge in [-0.3, -0.25) is 9.59 Å². The molecule has 2 aromatic rings. The van der Waals surface area contributed by atoms with Gasteiger partial charge in [0.15, 0.2) is 0 Å². The number of thioether (sulfide) groups is 1. The number of carboxylic acid groups (broad SMARTS) is 1. The number of ether oxygens (including phenoxy) is 1. The van der Waals surface area contributed by atoms with Crippen LogP contribution in [0, 0.1) is 0 Å². The van der Waals surface area contributed by atoms with Crippen LogP contribution in [0.4, 0.5) is 0 Å². The van der Waals surface area contributed by atoms with Crippen LogP contribution in [0.2, 0.25) is 0 Å². The first-order chi connectivity index (χ1) is 12.0. The number of rotatable bonds is 8. The zero-order chi connectivity index (χ0) is 18.2. The number of hydrogen-bond donors (Lipinski definition) is 2. The van der Waals surface area contributed by atoms with Gasteiger partial charge in [0.1, 0.15) is 11.0 Å². The third kappa shape index (κ3) is 5.53. The van der Waals surface area contributed by atoms with E-state index in [1.54, 1.807) is 38.3 Å². The first-order valence-electron chi connectivity index (χ1n) is 7.91. The number of nitrogens with one attached hydrogen (secondary N) is 1. The highest BCUT2D eigenvalue weighted by Crippen LogP contribution is 2.27. The topological polar surface area (TPSA) is 75.6 Å². The molecule has 0 aliphatic heterocycles. The maximum absolute atomic E-state index is 12.4. The van der Waals surface area contributed by atoms with E-state index in [0.717, 1.165) is 23.1 Å². The summed E-state index contributed by atoms with van der Waals surface area (Å²) in [5.74, 6) is -0.324. The van der Waals surface area contributed by atoms with Gasteiger partial charge in [-0.2, -0.15) is 0 Å². The summed E-state index contributed by atoms with van der Waals surface area (Å²) in [5.41, 5.74) is 1.56. The molecule has 0 spiro atoms. The van der Waals surface area contributed by atoms with Crippen molar-refractivity contribution in [2.24, 2.45) is 0 Å². The van der Waals surface area contributed by atoms with Crippen molar-refractivity contribution >= 4 is 23.6 Å². The molecule has 2 aromatic carbocycles. The highest BCUT2D eigenvalue weighted by Gasteiger charge is 2.17. The van der Waals surface area contributed by atoms with E-state index in [0.29, 0.717) is 23.4 Å². The molecular weight excluding hydrogens is 338 g/mol. The van der Waals surface area contributed by atoms with Gasteiger partial charge in [-0.25, -0.2) is 0 Å². The Morgan fingerprint density at radius 2 is 1.96 bits per heavy atom. The molecule has 0 saturated carbocycles. The van der Waals surface area contributed by atoms with Gasteiger partial charge in [0, 0.05) is 11.4 Å². The summed E-state index contributed by atoms with van der Waals surface area (Å²) < 4.78 is 5.19. The molecule has 2 N–H and O–H groups in total. The van der Waals surface area contributed by atoms with E-state index in [2.05, 4.69) is 5.32 Å². The van der Waals surface area contributed by atoms with Crippen LogP contribution in [-0.2, 0) is 11.2 Å². The monoisotopic (exact) mass is 359 g/mol. The summed E-state index contributed by atoms with van der Waals surface area (Å²) in [7, 11) is 1.62. The predicted molar refractivity (Wildman–Crippen MR) is 98.4 cm³/mol. The molecule has 0 aliphatic carbocycles. The van der Waals surface area contributed by atoms with Crippen LogP contribution in [-0.4, -0.2) is 35.9 Å². The highest BCUT2D eigenvalue weighted by molar-refractivity contribution is 8.00. The lowest BCUT2D eigenvalue weighted by Gasteiger charge is -2.12. The van der Waals surface area contributed by atoms with Crippen LogP contribution in [0.3, 0.4) is 0 Å². The van der Waals surface area contributed by atoms with Gasteiger partial charge < -0.3 is 15.2 Å². The van der Waals surface area contributed by atoms with Crippen LogP contribution < -0.4 is 10.1 Å². The maximum atomic E-state index is 12.4. The summed E-state index contributed by atoms with van der Waals surface area (Å²) >= 11 is 1.16. The zero-order valence-electron chi connectivity index (χ0n) is 14.2. The van der Waals surface area contributed by atoms with Crippen LogP contribution in [0.5, 0.6) is 5.75 Å². The van der Waals surface area contributed by atoms with Crippen molar-refractivity contribution in [2.75, 3.05) is 13.7 Å². The lowest BCUT2D eigenvalue weighted by molar-refractivity contribution is -0.136. The van der Waals surface area contributed by atoms with Crippen molar-refractivity contribution in [2.45, 2.75) is 23.5 Å². The van der Waals surface area contributed by atoms with E-state index in [-0.39, 0.29) is 5.91 Å². The van der Waals surface area contributed by atoms with Crippen molar-refractivity contribution in [3.63, 3.8) is 0 Å². The van der Waals surface area contributed by atoms with Crippen molar-refractivity contribution in [3.05, 3.63) is 59.7 Å². The summed E-state index contributed by atoms with van der Waals surface area (Å²) in [6, 6.07) is 14.7. The molecule has 0 aliphatic rings. The fraction of sp³-hybridized carbons (Fsp3) is 0.263. The average Bonchev–Trinajstić information content (AvgIpc) is 2.62. The van der Waals surface area contributed by atoms with Crippen molar-refractivity contribution in [3.8, 4) is 5.75 Å². The number of methoxy groups -OCH3 is 1. The molecule has 0 aromatic heterocycles. The Bertz CT molecular complexity index is 748. The van der Waals surface area contributed by atoms with Gasteiger partial charge in [0.2, 0.25) is 0 Å². The number of carboxylic acids is 1. The Kier molecular flexibility index (Phi) is 6.89. The minimum Gasteiger partial charge on any atom is -0.497 e. The average molecular weight is 359 g/mol. The second kappa shape index (κ2) is 9.13. The number of amides is 1. The van der Waals surface area contributed by atoms with Crippen LogP contribution >= 0.6 is 11.8 Å². The lowest BCUT2D eigenvalue weighted by atomic mass is 10.1. The van der Waals surface area contributed by atoms with E-state index in [4.69, 9.17) is 9.84 Å². The summed E-state index contributed by atoms with van der Waals surface area (Å²) in [5, 5.41) is 11.3. The molecule has 1 amide bonds. The zero-order valence-corrected chi connectivity index (χ0v) is 15.0. The van der Waals surface area contributed by atoms with Crippen LogP contribution in [0.15, 0.2) is 53.4 Å². The first-order valence-corrected chi connectivity index (χ1v) is 8.79. The van der Waals surface area contributed by atoms with E-state index >= 15 is 0 Å². The molecule has 5 nitrogen and oxygen atoms in total. The van der Waals surface area contributed by atoms with E-state index < -0.39 is 11.2 Å². The molecule has 6 heteroatoms. The van der Waals surface area contributed by atoms with E-state index in [1.165, 1.54) is 0 Å². The summed E-state index contributed by atoms with van der Waals surface area (Å²) in [4.78, 5) is 24.1. The molecule has 0 bridgehead atoms. The normalized spacial score (nSPS) is 11.6. The second-order valence-corrected chi connectivity index (χ2v) is 6.83. The molecule has 25 heavy (non-hydrogen) atoms. The van der Waals surface area contributed by atoms with Crippen LogP contribution in [0.1, 0.15) is 22.8 Å². The Labute approximate surface area is 151 Å². The van der Waals surface area contributed by atoms with Crippen molar-refractivity contribution in [1.29, 1.82) is 0 Å². The third-order valence-electron chi connectivity index (χ3n) is 3.62. The fourth-order valence-corrected chi connectivity index (χ4v) is 3.17. The number of carbonyl (C=O) groups is 2. The second-order valence-electron chi connectivity index (χ2n) is 5.45. The SMILES string of the molecule is COc1cccc(CCNC(=O)c2ccccc2SC(C)C(=O)O)c1. The molecular formula is C19H21NO4S. The first kappa shape index (κ1) is 18.9. The van der Waals surface area contributed by atoms with Gasteiger partial charge in [0.25, 0.3) is 5.91 Å². The maximum Gasteiger partial charge on any atom is 0.316 e. The minimum absolute atomic E-state index is 0.205. The quantitative estimate of drug-likeness (QED) is 0.708. The minimum atomic E-state index is -0.904. The Morgan fingerprint density at radius 3 is 2.68 bits per heavy atom. The van der Waals surface area contributed by atoms with Gasteiger partial charge in [-0.1, -0.05) is 24.3 Å². The standard InChI is InChI=1S/C19H21NO4S/c1-13(19(22)23)25-17-9-4-3-8-16(17)18(21)20-11-10-14-6-5-7-15(12-14)24-2/h3-9,12-13H,10-11H2,1-2H3,(H,20,21)(H,22,23). The fourth-order valence-electron chi connectivity index (χ4n) is 2.24. The molecule has 2 rings (SSSR count). The van der Waals surface area contributed by atoms with Gasteiger partial charge in [-0.05, 0) is 43.2 Å². The molecule has 0 saturated heterocycles. The Hall–Kier alpha value is -2.47. The number of hydrogen-bond acceptors (Lipinski definition) is 4. The van der Waals surface area contributed by atoms with E-state index in [1.807, 2.05) is 24.3 Å². The smallest absolute Gasteiger partial charge is 0.316 e. The van der Waals surface area contributed by atoms with Crippen molar-refractivity contribution in [1.82, 2.24) is 5.32 Å². The number of aliphatic carboxylic acids is 1. The number of benzene rings is 2. The van der Waals surface area contributed by atoms with Gasteiger partial charge in [0.05, 0.1) is 12.7 Å². The summed E-state index contributed by atoms with van der Waals surface area (Å²) in [6.45, 7) is 2.09. The van der Waals surface area contributed by atoms with Gasteiger partial charge >= 0.3 is 5.97 Å². The van der Waals surface area contributed by atoms with Crippen molar-refractivity contribution < 1.29 is 19.4 Å². The number of carbonyl (C=O) groups excluding carboxylic acids is 1. The lowest BCUT2D eigenvalue weighted by Crippen LogP contribution is -2.26.